The van der Waals surface area contributed by atoms with Crippen molar-refractivity contribution < 1.29 is 15.0 Å². The Morgan fingerprint density at radius 3 is 2.90 bits per heavy atom. The number of aliphatic hydroxyl groups excluding tert-OH is 1. The largest absolute Gasteiger partial charge is 0.508 e. The van der Waals surface area contributed by atoms with Gasteiger partial charge in [-0.3, -0.25) is 9.79 Å². The van der Waals surface area contributed by atoms with Gasteiger partial charge in [0, 0.05) is 11.3 Å². The van der Waals surface area contributed by atoms with Crippen LogP contribution in [0.1, 0.15) is 48.5 Å². The fraction of sp³-hybridized carbons (Fsp3) is 0.500. The van der Waals surface area contributed by atoms with E-state index in [4.69, 9.17) is 0 Å². The molecule has 1 heterocycles. The van der Waals surface area contributed by atoms with Crippen molar-refractivity contribution in [3.8, 4) is 5.75 Å². The van der Waals surface area contributed by atoms with Crippen LogP contribution in [0.5, 0.6) is 5.75 Å². The number of aliphatic imine (C=N–C) groups is 1. The first-order valence-electron chi connectivity index (χ1n) is 7.08. The van der Waals surface area contributed by atoms with Crippen LogP contribution in [0.3, 0.4) is 0 Å². The summed E-state index contributed by atoms with van der Waals surface area (Å²) >= 11 is 0. The molecule has 2 N–H and O–H groups in total. The molecule has 0 aromatic heterocycles. The lowest BCUT2D eigenvalue weighted by atomic mass is 10.0. The molecule has 0 spiro atoms. The fourth-order valence-corrected chi connectivity index (χ4v) is 2.46. The van der Waals surface area contributed by atoms with Crippen molar-refractivity contribution in [1.29, 1.82) is 0 Å². The molecule has 0 saturated heterocycles. The number of hydrogen-bond acceptors (Lipinski definition) is 4. The third-order valence-electron chi connectivity index (χ3n) is 3.61. The van der Waals surface area contributed by atoms with Gasteiger partial charge in [0.2, 0.25) is 0 Å². The predicted molar refractivity (Wildman–Crippen MR) is 78.6 cm³/mol. The number of carbonyl (C=O) groups is 1. The number of benzene rings is 1. The van der Waals surface area contributed by atoms with Gasteiger partial charge in [-0.25, -0.2) is 0 Å². The summed E-state index contributed by atoms with van der Waals surface area (Å²) in [6.45, 7) is 1.99. The Balaban J connectivity index is 2.01. The molecule has 1 atom stereocenters. The topological polar surface area (TPSA) is 69.9 Å². The summed E-state index contributed by atoms with van der Waals surface area (Å²) in [6, 6.07) is 5.01. The molecule has 4 nitrogen and oxygen atoms in total. The molecule has 0 saturated carbocycles. The van der Waals surface area contributed by atoms with Gasteiger partial charge in [-0.1, -0.05) is 0 Å². The first kappa shape index (κ1) is 14.7. The second-order valence-electron chi connectivity index (χ2n) is 5.40. The number of nitrogens with zero attached hydrogens (tertiary/aromatic N) is 1. The number of aryl methyl sites for hydroxylation is 1. The van der Waals surface area contributed by atoms with Crippen molar-refractivity contribution in [3.63, 3.8) is 0 Å². The molecular formula is C16H21NO3. The predicted octanol–water partition coefficient (Wildman–Crippen LogP) is 2.51. The Morgan fingerprint density at radius 1 is 1.35 bits per heavy atom. The second-order valence-corrected chi connectivity index (χ2v) is 5.40. The molecule has 20 heavy (non-hydrogen) atoms. The van der Waals surface area contributed by atoms with E-state index in [-0.39, 0.29) is 17.6 Å². The average Bonchev–Trinajstić information content (AvgIpc) is 2.60. The molecule has 0 aliphatic carbocycles. The summed E-state index contributed by atoms with van der Waals surface area (Å²) in [5, 5.41) is 19.2. The van der Waals surface area contributed by atoms with Gasteiger partial charge in [0.1, 0.15) is 5.75 Å². The lowest BCUT2D eigenvalue weighted by molar-refractivity contribution is 0.101. The Labute approximate surface area is 119 Å². The number of hydrogen-bond donors (Lipinski definition) is 2. The number of ketones is 1. The Hall–Kier alpha value is -1.68. The summed E-state index contributed by atoms with van der Waals surface area (Å²) < 4.78 is 0. The molecule has 0 bridgehead atoms. The molecule has 1 unspecified atom stereocenters. The number of rotatable bonds is 4. The van der Waals surface area contributed by atoms with E-state index in [1.54, 1.807) is 6.07 Å². The van der Waals surface area contributed by atoms with Gasteiger partial charge in [-0.2, -0.15) is 0 Å². The van der Waals surface area contributed by atoms with Crippen LogP contribution in [0, 0.1) is 0 Å². The third-order valence-corrected chi connectivity index (χ3v) is 3.61. The van der Waals surface area contributed by atoms with Crippen molar-refractivity contribution in [2.45, 2.75) is 45.1 Å². The number of aromatic hydroxyl groups is 1. The lowest BCUT2D eigenvalue weighted by Crippen LogP contribution is -2.08. The van der Waals surface area contributed by atoms with Gasteiger partial charge in [0.05, 0.1) is 12.6 Å². The molecule has 2 rings (SSSR count). The second kappa shape index (κ2) is 6.66. The van der Waals surface area contributed by atoms with E-state index in [1.807, 2.05) is 6.07 Å². The fourth-order valence-electron chi connectivity index (χ4n) is 2.46. The summed E-state index contributed by atoms with van der Waals surface area (Å²) in [5.41, 5.74) is 2.61. The minimum absolute atomic E-state index is 0.0444. The molecule has 108 valence electrons. The number of aliphatic hydroxyl groups is 1. The SMILES string of the molecule is CC(=O)c1cc(O)cc(CCC2=NCC(O)CCC2)c1. The Bertz CT molecular complexity index is 522. The number of Topliss-reactive ketones (excluding diaryl/α,β-unsaturated/α-hetero) is 1. The monoisotopic (exact) mass is 275 g/mol. The van der Waals surface area contributed by atoms with Crippen LogP contribution >= 0.6 is 0 Å². The minimum Gasteiger partial charge on any atom is -0.508 e. The highest BCUT2D eigenvalue weighted by atomic mass is 16.3. The molecule has 1 aliphatic rings. The summed E-state index contributed by atoms with van der Waals surface area (Å²) in [6.07, 6.45) is 3.97. The van der Waals surface area contributed by atoms with Crippen LogP contribution in [0.15, 0.2) is 23.2 Å². The summed E-state index contributed by atoms with van der Waals surface area (Å²) in [5.74, 6) is 0.0861. The molecule has 1 aliphatic heterocycles. The smallest absolute Gasteiger partial charge is 0.159 e. The number of carbonyl (C=O) groups excluding carboxylic acids is 1. The Morgan fingerprint density at radius 2 is 2.15 bits per heavy atom. The first-order valence-corrected chi connectivity index (χ1v) is 7.08. The van der Waals surface area contributed by atoms with E-state index in [0.29, 0.717) is 12.1 Å². The summed E-state index contributed by atoms with van der Waals surface area (Å²) in [7, 11) is 0. The molecule has 1 aromatic rings. The van der Waals surface area contributed by atoms with Crippen LogP contribution in [-0.2, 0) is 6.42 Å². The zero-order chi connectivity index (χ0) is 14.5. The molecule has 0 fully saturated rings. The molecule has 0 radical (unpaired) electrons. The van der Waals surface area contributed by atoms with Crippen molar-refractivity contribution in [2.24, 2.45) is 4.99 Å². The van der Waals surface area contributed by atoms with E-state index < -0.39 is 0 Å². The van der Waals surface area contributed by atoms with Crippen LogP contribution in [-0.4, -0.2) is 34.4 Å². The van der Waals surface area contributed by atoms with Crippen molar-refractivity contribution >= 4 is 11.5 Å². The molecule has 1 aromatic carbocycles. The van der Waals surface area contributed by atoms with E-state index in [0.717, 1.165) is 43.4 Å². The van der Waals surface area contributed by atoms with Gasteiger partial charge in [0.15, 0.2) is 5.78 Å². The standard InChI is InChI=1S/C16H21NO3/c1-11(18)13-7-12(8-16(20)9-13)5-6-14-3-2-4-15(19)10-17-14/h7-9,15,19-20H,2-6,10H2,1H3. The van der Waals surface area contributed by atoms with Gasteiger partial charge in [0.25, 0.3) is 0 Å². The molecule has 4 heteroatoms. The van der Waals surface area contributed by atoms with E-state index in [9.17, 15) is 15.0 Å². The average molecular weight is 275 g/mol. The van der Waals surface area contributed by atoms with Crippen LogP contribution in [0.2, 0.25) is 0 Å². The van der Waals surface area contributed by atoms with Crippen molar-refractivity contribution in [1.82, 2.24) is 0 Å². The maximum atomic E-state index is 11.4. The van der Waals surface area contributed by atoms with Crippen LogP contribution in [0.4, 0.5) is 0 Å². The highest BCUT2D eigenvalue weighted by Crippen LogP contribution is 2.19. The highest BCUT2D eigenvalue weighted by Gasteiger charge is 2.11. The van der Waals surface area contributed by atoms with Gasteiger partial charge >= 0.3 is 0 Å². The number of phenolic OH excluding ortho intramolecular Hbond substituents is 1. The van der Waals surface area contributed by atoms with Gasteiger partial charge in [-0.15, -0.1) is 0 Å². The van der Waals surface area contributed by atoms with Crippen molar-refractivity contribution in [2.75, 3.05) is 6.54 Å². The minimum atomic E-state index is -0.308. The van der Waals surface area contributed by atoms with E-state index in [2.05, 4.69) is 4.99 Å². The van der Waals surface area contributed by atoms with E-state index >= 15 is 0 Å². The van der Waals surface area contributed by atoms with E-state index in [1.165, 1.54) is 13.0 Å². The zero-order valence-corrected chi connectivity index (χ0v) is 11.8. The number of phenols is 1. The lowest BCUT2D eigenvalue weighted by Gasteiger charge is -2.07. The van der Waals surface area contributed by atoms with Gasteiger partial charge in [-0.05, 0) is 62.8 Å². The maximum absolute atomic E-state index is 11.4. The van der Waals surface area contributed by atoms with Crippen molar-refractivity contribution in [3.05, 3.63) is 29.3 Å². The Kier molecular flexibility index (Phi) is 4.90. The zero-order valence-electron chi connectivity index (χ0n) is 11.8. The highest BCUT2D eigenvalue weighted by molar-refractivity contribution is 5.94. The quantitative estimate of drug-likeness (QED) is 0.829. The normalized spacial score (nSPS) is 19.3. The maximum Gasteiger partial charge on any atom is 0.159 e. The van der Waals surface area contributed by atoms with Gasteiger partial charge < -0.3 is 10.2 Å². The first-order chi connectivity index (χ1) is 9.54. The summed E-state index contributed by atoms with van der Waals surface area (Å²) in [4.78, 5) is 15.8. The third kappa shape index (κ3) is 4.17. The van der Waals surface area contributed by atoms with Crippen LogP contribution < -0.4 is 0 Å². The molecule has 0 amide bonds. The van der Waals surface area contributed by atoms with Crippen LogP contribution in [0.25, 0.3) is 0 Å². The molecular weight excluding hydrogens is 254 g/mol.